The van der Waals surface area contributed by atoms with Crippen molar-refractivity contribution < 1.29 is 9.59 Å². The van der Waals surface area contributed by atoms with Crippen LogP contribution >= 0.6 is 15.9 Å². The fraction of sp³-hybridized carbons (Fsp3) is 0.500. The van der Waals surface area contributed by atoms with E-state index in [0.717, 1.165) is 4.47 Å². The van der Waals surface area contributed by atoms with Crippen LogP contribution in [0.5, 0.6) is 0 Å². The van der Waals surface area contributed by atoms with Gasteiger partial charge in [-0.25, -0.2) is 0 Å². The van der Waals surface area contributed by atoms with Crippen molar-refractivity contribution in [1.82, 2.24) is 9.88 Å². The number of ketones is 1. The molecule has 0 fully saturated rings. The number of halogens is 1. The number of hydrogen-bond acceptors (Lipinski definition) is 3. The SMILES string of the molecule is CC(=O)C(NC(=O)Cn1cc(Br)cc(C)c1=O)C(C)C. The van der Waals surface area contributed by atoms with Crippen molar-refractivity contribution in [3.63, 3.8) is 0 Å². The first-order chi connectivity index (χ1) is 9.22. The average Bonchev–Trinajstić information content (AvgIpc) is 2.31. The molecule has 0 saturated carbocycles. The van der Waals surface area contributed by atoms with Gasteiger partial charge in [0.15, 0.2) is 5.78 Å². The molecule has 1 amide bonds. The molecule has 0 aliphatic rings. The number of carbonyl (C=O) groups is 2. The Morgan fingerprint density at radius 1 is 1.40 bits per heavy atom. The van der Waals surface area contributed by atoms with E-state index in [0.29, 0.717) is 5.56 Å². The van der Waals surface area contributed by atoms with Crippen LogP contribution in [0.4, 0.5) is 0 Å². The topological polar surface area (TPSA) is 68.2 Å². The molecule has 1 aromatic rings. The summed E-state index contributed by atoms with van der Waals surface area (Å²) >= 11 is 3.29. The molecule has 1 N–H and O–H groups in total. The first-order valence-corrected chi connectivity index (χ1v) is 7.18. The number of carbonyl (C=O) groups excluding carboxylic acids is 2. The van der Waals surface area contributed by atoms with Crippen LogP contribution in [-0.2, 0) is 16.1 Å². The molecule has 0 saturated heterocycles. The number of Topliss-reactive ketones (excluding diaryl/α,β-unsaturated/α-hetero) is 1. The number of hydrogen-bond donors (Lipinski definition) is 1. The Hall–Kier alpha value is -1.43. The van der Waals surface area contributed by atoms with Gasteiger partial charge in [0.25, 0.3) is 5.56 Å². The van der Waals surface area contributed by atoms with Gasteiger partial charge in [0.2, 0.25) is 5.91 Å². The highest BCUT2D eigenvalue weighted by Crippen LogP contribution is 2.08. The molecule has 0 bridgehead atoms. The zero-order chi connectivity index (χ0) is 15.4. The lowest BCUT2D eigenvalue weighted by Crippen LogP contribution is -2.45. The highest BCUT2D eigenvalue weighted by molar-refractivity contribution is 9.10. The van der Waals surface area contributed by atoms with Crippen LogP contribution in [0, 0.1) is 12.8 Å². The van der Waals surface area contributed by atoms with E-state index in [4.69, 9.17) is 0 Å². The maximum Gasteiger partial charge on any atom is 0.253 e. The van der Waals surface area contributed by atoms with Gasteiger partial charge in [-0.3, -0.25) is 14.4 Å². The summed E-state index contributed by atoms with van der Waals surface area (Å²) in [7, 11) is 0. The first-order valence-electron chi connectivity index (χ1n) is 6.38. The number of rotatable bonds is 5. The van der Waals surface area contributed by atoms with Crippen LogP contribution in [0.25, 0.3) is 0 Å². The summed E-state index contributed by atoms with van der Waals surface area (Å²) < 4.78 is 2.06. The van der Waals surface area contributed by atoms with Gasteiger partial charge in [-0.2, -0.15) is 0 Å². The molecule has 20 heavy (non-hydrogen) atoms. The summed E-state index contributed by atoms with van der Waals surface area (Å²) in [5.41, 5.74) is 0.339. The maximum absolute atomic E-state index is 12.0. The molecule has 1 rings (SSSR count). The van der Waals surface area contributed by atoms with Crippen molar-refractivity contribution in [1.29, 1.82) is 0 Å². The van der Waals surface area contributed by atoms with E-state index in [1.807, 2.05) is 13.8 Å². The van der Waals surface area contributed by atoms with Crippen LogP contribution in [0.15, 0.2) is 21.5 Å². The van der Waals surface area contributed by atoms with Gasteiger partial charge in [-0.05, 0) is 41.8 Å². The van der Waals surface area contributed by atoms with Gasteiger partial charge in [0.05, 0.1) is 6.04 Å². The van der Waals surface area contributed by atoms with E-state index >= 15 is 0 Å². The summed E-state index contributed by atoms with van der Waals surface area (Å²) in [6.45, 7) is 6.76. The van der Waals surface area contributed by atoms with Crippen molar-refractivity contribution in [3.8, 4) is 0 Å². The molecule has 0 aromatic carbocycles. The summed E-state index contributed by atoms with van der Waals surface area (Å²) in [5, 5.41) is 2.67. The van der Waals surface area contributed by atoms with Gasteiger partial charge < -0.3 is 9.88 Å². The first kappa shape index (κ1) is 16.6. The Balaban J connectivity index is 2.87. The van der Waals surface area contributed by atoms with E-state index in [1.54, 1.807) is 19.2 Å². The van der Waals surface area contributed by atoms with Crippen LogP contribution in [-0.4, -0.2) is 22.3 Å². The minimum Gasteiger partial charge on any atom is -0.344 e. The largest absolute Gasteiger partial charge is 0.344 e. The predicted octanol–water partition coefficient (Wildman–Crippen LogP) is 1.65. The lowest BCUT2D eigenvalue weighted by molar-refractivity contribution is -0.128. The zero-order valence-corrected chi connectivity index (χ0v) is 13.7. The van der Waals surface area contributed by atoms with Crippen LogP contribution in [0.3, 0.4) is 0 Å². The number of aryl methyl sites for hydroxylation is 1. The average molecular weight is 343 g/mol. The van der Waals surface area contributed by atoms with Crippen molar-refractivity contribution in [3.05, 3.63) is 32.7 Å². The fourth-order valence-corrected chi connectivity index (χ4v) is 2.56. The van der Waals surface area contributed by atoms with Gasteiger partial charge in [-0.1, -0.05) is 13.8 Å². The summed E-state index contributed by atoms with van der Waals surface area (Å²) in [5.74, 6) is -0.429. The Bertz CT molecular complexity index is 578. The number of amides is 1. The van der Waals surface area contributed by atoms with Gasteiger partial charge in [0, 0.05) is 16.2 Å². The third kappa shape index (κ3) is 4.30. The Kier molecular flexibility index (Phi) is 5.68. The lowest BCUT2D eigenvalue weighted by atomic mass is 10.0. The number of nitrogens with one attached hydrogen (secondary N) is 1. The third-order valence-electron chi connectivity index (χ3n) is 2.97. The Labute approximate surface area is 126 Å². The van der Waals surface area contributed by atoms with Crippen molar-refractivity contribution in [2.75, 3.05) is 0 Å². The third-order valence-corrected chi connectivity index (χ3v) is 3.40. The fourth-order valence-electron chi connectivity index (χ4n) is 1.97. The number of nitrogens with zero attached hydrogens (tertiary/aromatic N) is 1. The minimum absolute atomic E-state index is 0.0115. The minimum atomic E-state index is -0.522. The lowest BCUT2D eigenvalue weighted by Gasteiger charge is -2.19. The van der Waals surface area contributed by atoms with E-state index in [-0.39, 0.29) is 29.7 Å². The molecule has 1 unspecified atom stereocenters. The molecule has 110 valence electrons. The molecule has 0 aliphatic carbocycles. The van der Waals surface area contributed by atoms with Crippen LogP contribution < -0.4 is 10.9 Å². The normalized spacial score (nSPS) is 12.3. The van der Waals surface area contributed by atoms with Gasteiger partial charge in [0.1, 0.15) is 6.54 Å². The van der Waals surface area contributed by atoms with E-state index in [2.05, 4.69) is 21.2 Å². The second-order valence-corrected chi connectivity index (χ2v) is 6.09. The Morgan fingerprint density at radius 2 is 2.00 bits per heavy atom. The second kappa shape index (κ2) is 6.83. The quantitative estimate of drug-likeness (QED) is 0.884. The highest BCUT2D eigenvalue weighted by Gasteiger charge is 2.20. The molecule has 1 atom stereocenters. The van der Waals surface area contributed by atoms with Gasteiger partial charge >= 0.3 is 0 Å². The molecule has 1 heterocycles. The standard InChI is InChI=1S/C14H19BrN2O3/c1-8(2)13(10(4)18)16-12(19)7-17-6-11(15)5-9(3)14(17)20/h5-6,8,13H,7H2,1-4H3,(H,16,19). The molecular weight excluding hydrogens is 324 g/mol. The molecular formula is C14H19BrN2O3. The highest BCUT2D eigenvalue weighted by atomic mass is 79.9. The van der Waals surface area contributed by atoms with E-state index < -0.39 is 6.04 Å². The Morgan fingerprint density at radius 3 is 2.50 bits per heavy atom. The van der Waals surface area contributed by atoms with E-state index in [1.165, 1.54) is 11.5 Å². The van der Waals surface area contributed by atoms with Crippen LogP contribution in [0.2, 0.25) is 0 Å². The maximum atomic E-state index is 12.0. The smallest absolute Gasteiger partial charge is 0.253 e. The molecule has 0 radical (unpaired) electrons. The zero-order valence-electron chi connectivity index (χ0n) is 12.1. The summed E-state index contributed by atoms with van der Waals surface area (Å²) in [6, 6.07) is 1.18. The summed E-state index contributed by atoms with van der Waals surface area (Å²) in [6.07, 6.45) is 1.56. The van der Waals surface area contributed by atoms with E-state index in [9.17, 15) is 14.4 Å². The second-order valence-electron chi connectivity index (χ2n) is 5.17. The molecule has 5 nitrogen and oxygen atoms in total. The molecule has 0 spiro atoms. The number of aromatic nitrogens is 1. The van der Waals surface area contributed by atoms with Gasteiger partial charge in [-0.15, -0.1) is 0 Å². The van der Waals surface area contributed by atoms with Crippen molar-refractivity contribution in [2.24, 2.45) is 5.92 Å². The predicted molar refractivity (Wildman–Crippen MR) is 80.6 cm³/mol. The molecule has 6 heteroatoms. The summed E-state index contributed by atoms with van der Waals surface area (Å²) in [4.78, 5) is 35.3. The van der Waals surface area contributed by atoms with Crippen molar-refractivity contribution >= 4 is 27.6 Å². The number of pyridine rings is 1. The molecule has 1 aromatic heterocycles. The molecule has 0 aliphatic heterocycles. The van der Waals surface area contributed by atoms with Crippen molar-refractivity contribution in [2.45, 2.75) is 40.3 Å². The van der Waals surface area contributed by atoms with Crippen LogP contribution in [0.1, 0.15) is 26.3 Å². The monoisotopic (exact) mass is 342 g/mol.